The minimum absolute atomic E-state index is 0.00768. The highest BCUT2D eigenvalue weighted by atomic mass is 16.5. The van der Waals surface area contributed by atoms with Gasteiger partial charge >= 0.3 is 0 Å². The second kappa shape index (κ2) is 6.49. The molecule has 4 rings (SSSR count). The quantitative estimate of drug-likeness (QED) is 0.908. The smallest absolute Gasteiger partial charge is 0.230 e. The molecule has 2 aliphatic heterocycles. The van der Waals surface area contributed by atoms with Crippen LogP contribution in [0.2, 0.25) is 0 Å². The fourth-order valence-corrected chi connectivity index (χ4v) is 4.95. The lowest BCUT2D eigenvalue weighted by molar-refractivity contribution is -0.158. The van der Waals surface area contributed by atoms with E-state index in [0.717, 1.165) is 26.1 Å². The van der Waals surface area contributed by atoms with E-state index in [9.17, 15) is 4.79 Å². The van der Waals surface area contributed by atoms with E-state index in [1.165, 1.54) is 24.8 Å². The Labute approximate surface area is 144 Å². The van der Waals surface area contributed by atoms with Gasteiger partial charge in [0.25, 0.3) is 0 Å². The first-order chi connectivity index (χ1) is 11.7. The van der Waals surface area contributed by atoms with Crippen molar-refractivity contribution < 1.29 is 9.53 Å². The van der Waals surface area contributed by atoms with Crippen molar-refractivity contribution in [3.05, 3.63) is 35.9 Å². The normalized spacial score (nSPS) is 36.4. The van der Waals surface area contributed by atoms with Crippen molar-refractivity contribution in [2.75, 3.05) is 26.2 Å². The van der Waals surface area contributed by atoms with E-state index in [-0.39, 0.29) is 17.6 Å². The zero-order chi connectivity index (χ0) is 16.6. The topological polar surface area (TPSA) is 41.6 Å². The SMILES string of the molecule is CC1CN(C(=O)[C@@]23CCCC[C@H]2CNC3)CC(c2ccccc2)O1. The van der Waals surface area contributed by atoms with Crippen LogP contribution in [-0.4, -0.2) is 43.1 Å². The number of carbonyl (C=O) groups excluding carboxylic acids is 1. The number of amides is 1. The second-order valence-electron chi connectivity index (χ2n) is 7.79. The van der Waals surface area contributed by atoms with Crippen molar-refractivity contribution >= 4 is 5.91 Å². The van der Waals surface area contributed by atoms with Crippen LogP contribution in [0.1, 0.15) is 44.3 Å². The van der Waals surface area contributed by atoms with Crippen molar-refractivity contribution in [1.29, 1.82) is 0 Å². The average molecular weight is 328 g/mol. The van der Waals surface area contributed by atoms with Gasteiger partial charge in [0.1, 0.15) is 6.10 Å². The molecule has 1 aliphatic carbocycles. The molecule has 24 heavy (non-hydrogen) atoms. The van der Waals surface area contributed by atoms with E-state index in [1.807, 2.05) is 18.2 Å². The number of hydrogen-bond acceptors (Lipinski definition) is 3. The molecule has 1 saturated carbocycles. The maximum atomic E-state index is 13.5. The summed E-state index contributed by atoms with van der Waals surface area (Å²) in [7, 11) is 0. The van der Waals surface area contributed by atoms with E-state index in [2.05, 4.69) is 29.3 Å². The van der Waals surface area contributed by atoms with Gasteiger partial charge in [0.05, 0.1) is 18.1 Å². The Kier molecular flexibility index (Phi) is 4.35. The van der Waals surface area contributed by atoms with Crippen LogP contribution in [0.25, 0.3) is 0 Å². The molecule has 0 bridgehead atoms. The summed E-state index contributed by atoms with van der Waals surface area (Å²) in [6.07, 6.45) is 4.78. The summed E-state index contributed by atoms with van der Waals surface area (Å²) >= 11 is 0. The molecule has 2 unspecified atom stereocenters. The van der Waals surface area contributed by atoms with Gasteiger partial charge in [-0.05, 0) is 37.8 Å². The first kappa shape index (κ1) is 16.1. The Hall–Kier alpha value is -1.39. The third kappa shape index (κ3) is 2.76. The van der Waals surface area contributed by atoms with Crippen molar-refractivity contribution in [3.8, 4) is 0 Å². The number of rotatable bonds is 2. The lowest BCUT2D eigenvalue weighted by Crippen LogP contribution is -2.54. The molecular weight excluding hydrogens is 300 g/mol. The van der Waals surface area contributed by atoms with Crippen molar-refractivity contribution in [2.45, 2.75) is 44.8 Å². The summed E-state index contributed by atoms with van der Waals surface area (Å²) in [6, 6.07) is 10.3. The van der Waals surface area contributed by atoms with Gasteiger partial charge in [-0.2, -0.15) is 0 Å². The number of ether oxygens (including phenoxy) is 1. The first-order valence-corrected chi connectivity index (χ1v) is 9.39. The fraction of sp³-hybridized carbons (Fsp3) is 0.650. The minimum Gasteiger partial charge on any atom is -0.367 e. The number of hydrogen-bond donors (Lipinski definition) is 1. The van der Waals surface area contributed by atoms with Gasteiger partial charge in [-0.25, -0.2) is 0 Å². The van der Waals surface area contributed by atoms with Crippen LogP contribution in [0.15, 0.2) is 30.3 Å². The number of nitrogens with zero attached hydrogens (tertiary/aromatic N) is 1. The van der Waals surface area contributed by atoms with E-state index in [1.54, 1.807) is 0 Å². The van der Waals surface area contributed by atoms with Crippen LogP contribution >= 0.6 is 0 Å². The number of benzene rings is 1. The summed E-state index contributed by atoms with van der Waals surface area (Å²) in [5.74, 6) is 0.889. The highest BCUT2D eigenvalue weighted by Crippen LogP contribution is 2.45. The summed E-state index contributed by atoms with van der Waals surface area (Å²) in [5, 5.41) is 3.50. The van der Waals surface area contributed by atoms with E-state index >= 15 is 0 Å². The molecule has 1 amide bonds. The van der Waals surface area contributed by atoms with E-state index in [0.29, 0.717) is 18.4 Å². The molecule has 2 saturated heterocycles. The lowest BCUT2D eigenvalue weighted by atomic mass is 9.67. The number of morpholine rings is 1. The van der Waals surface area contributed by atoms with Crippen molar-refractivity contribution in [3.63, 3.8) is 0 Å². The molecular formula is C20H28N2O2. The molecule has 0 aromatic heterocycles. The molecule has 0 spiro atoms. The van der Waals surface area contributed by atoms with Gasteiger partial charge < -0.3 is 15.0 Å². The predicted octanol–water partition coefficient (Wildman–Crippen LogP) is 2.75. The summed E-state index contributed by atoms with van der Waals surface area (Å²) in [4.78, 5) is 15.6. The Morgan fingerprint density at radius 1 is 1.25 bits per heavy atom. The van der Waals surface area contributed by atoms with Crippen LogP contribution in [0.4, 0.5) is 0 Å². The lowest BCUT2D eigenvalue weighted by Gasteiger charge is -2.44. The number of fused-ring (bicyclic) bond motifs is 1. The largest absolute Gasteiger partial charge is 0.367 e. The zero-order valence-corrected chi connectivity index (χ0v) is 14.5. The standard InChI is InChI=1S/C20H28N2O2/c1-15-12-22(13-18(24-15)16-7-3-2-4-8-16)19(23)20-10-6-5-9-17(20)11-21-14-20/h2-4,7-8,15,17-18,21H,5-6,9-14H2,1H3/t15?,17-,18?,20+/m0/s1. The molecule has 3 aliphatic rings. The molecule has 4 atom stereocenters. The van der Waals surface area contributed by atoms with E-state index < -0.39 is 0 Å². The molecule has 1 aromatic carbocycles. The highest BCUT2D eigenvalue weighted by Gasteiger charge is 2.52. The van der Waals surface area contributed by atoms with Crippen LogP contribution in [-0.2, 0) is 9.53 Å². The first-order valence-electron chi connectivity index (χ1n) is 9.39. The van der Waals surface area contributed by atoms with E-state index in [4.69, 9.17) is 4.74 Å². The Balaban J connectivity index is 1.55. The molecule has 1 N–H and O–H groups in total. The van der Waals surface area contributed by atoms with Crippen LogP contribution < -0.4 is 5.32 Å². The van der Waals surface area contributed by atoms with Gasteiger partial charge in [0.2, 0.25) is 5.91 Å². The highest BCUT2D eigenvalue weighted by molar-refractivity contribution is 5.84. The monoisotopic (exact) mass is 328 g/mol. The number of nitrogens with one attached hydrogen (secondary N) is 1. The number of carbonyl (C=O) groups is 1. The third-order valence-corrected chi connectivity index (χ3v) is 6.18. The molecule has 4 nitrogen and oxygen atoms in total. The van der Waals surface area contributed by atoms with Gasteiger partial charge in [-0.1, -0.05) is 43.2 Å². The van der Waals surface area contributed by atoms with Crippen LogP contribution in [0.5, 0.6) is 0 Å². The third-order valence-electron chi connectivity index (χ3n) is 6.18. The summed E-state index contributed by atoms with van der Waals surface area (Å²) in [6.45, 7) is 5.35. The van der Waals surface area contributed by atoms with Crippen molar-refractivity contribution in [2.24, 2.45) is 11.3 Å². The van der Waals surface area contributed by atoms with Gasteiger partial charge in [-0.15, -0.1) is 0 Å². The van der Waals surface area contributed by atoms with Gasteiger partial charge in [0, 0.05) is 13.1 Å². The Morgan fingerprint density at radius 3 is 2.92 bits per heavy atom. The summed E-state index contributed by atoms with van der Waals surface area (Å²) < 4.78 is 6.14. The van der Waals surface area contributed by atoms with Crippen LogP contribution in [0, 0.1) is 11.3 Å². The van der Waals surface area contributed by atoms with Gasteiger partial charge in [0.15, 0.2) is 0 Å². The Bertz CT molecular complexity index is 591. The molecule has 3 fully saturated rings. The molecule has 1 aromatic rings. The van der Waals surface area contributed by atoms with Crippen LogP contribution in [0.3, 0.4) is 0 Å². The Morgan fingerprint density at radius 2 is 2.08 bits per heavy atom. The average Bonchev–Trinajstić information content (AvgIpc) is 3.06. The molecule has 2 heterocycles. The predicted molar refractivity (Wildman–Crippen MR) is 93.6 cm³/mol. The second-order valence-corrected chi connectivity index (χ2v) is 7.79. The minimum atomic E-state index is -0.156. The van der Waals surface area contributed by atoms with Crippen molar-refractivity contribution in [1.82, 2.24) is 10.2 Å². The summed E-state index contributed by atoms with van der Waals surface area (Å²) in [5.41, 5.74) is 1.01. The fourth-order valence-electron chi connectivity index (χ4n) is 4.95. The zero-order valence-electron chi connectivity index (χ0n) is 14.5. The van der Waals surface area contributed by atoms with Gasteiger partial charge in [-0.3, -0.25) is 4.79 Å². The molecule has 130 valence electrons. The maximum absolute atomic E-state index is 13.5. The maximum Gasteiger partial charge on any atom is 0.230 e. The molecule has 0 radical (unpaired) electrons. The molecule has 4 heteroatoms.